The van der Waals surface area contributed by atoms with E-state index in [0.29, 0.717) is 17.4 Å². The normalized spacial score (nSPS) is 11.6. The third-order valence-corrected chi connectivity index (χ3v) is 4.50. The van der Waals surface area contributed by atoms with Crippen LogP contribution in [0.15, 0.2) is 45.6 Å². The fraction of sp³-hybridized carbons (Fsp3) is 0.222. The van der Waals surface area contributed by atoms with E-state index in [4.69, 9.17) is 9.26 Å². The first-order chi connectivity index (χ1) is 13.9. The van der Waals surface area contributed by atoms with Crippen molar-refractivity contribution < 1.29 is 23.8 Å². The molecule has 1 aromatic carbocycles. The van der Waals surface area contributed by atoms with Crippen molar-refractivity contribution in [1.29, 1.82) is 0 Å². The molecular weight excluding hydrogens is 400 g/mol. The minimum atomic E-state index is -1.04. The zero-order chi connectivity index (χ0) is 20.8. The SMILES string of the molecule is CC(OC(=O)CCc1nc(-c2ccsc2)no1)C(=O)Nc1ccc([N+](=O)[O-])cc1. The van der Waals surface area contributed by atoms with Crippen molar-refractivity contribution in [3.63, 3.8) is 0 Å². The number of ether oxygens (including phenoxy) is 1. The second-order valence-corrected chi connectivity index (χ2v) is 6.73. The highest BCUT2D eigenvalue weighted by Gasteiger charge is 2.19. The smallest absolute Gasteiger partial charge is 0.307 e. The molecule has 0 spiro atoms. The highest BCUT2D eigenvalue weighted by molar-refractivity contribution is 7.08. The summed E-state index contributed by atoms with van der Waals surface area (Å²) >= 11 is 1.51. The number of carbonyl (C=O) groups excluding carboxylic acids is 2. The van der Waals surface area contributed by atoms with Crippen molar-refractivity contribution in [2.24, 2.45) is 0 Å². The molecule has 0 saturated heterocycles. The molecule has 0 aliphatic heterocycles. The van der Waals surface area contributed by atoms with Crippen LogP contribution in [0.1, 0.15) is 19.2 Å². The van der Waals surface area contributed by atoms with E-state index >= 15 is 0 Å². The van der Waals surface area contributed by atoms with Gasteiger partial charge in [-0.2, -0.15) is 16.3 Å². The fourth-order valence-corrected chi connectivity index (χ4v) is 2.93. The van der Waals surface area contributed by atoms with Gasteiger partial charge in [-0.1, -0.05) is 5.16 Å². The molecule has 1 N–H and O–H groups in total. The highest BCUT2D eigenvalue weighted by Crippen LogP contribution is 2.19. The number of nitro groups is 1. The number of aromatic nitrogens is 2. The van der Waals surface area contributed by atoms with Gasteiger partial charge in [-0.3, -0.25) is 19.7 Å². The Bertz CT molecular complexity index is 1000. The number of carbonyl (C=O) groups is 2. The van der Waals surface area contributed by atoms with Crippen molar-refractivity contribution in [1.82, 2.24) is 10.1 Å². The lowest BCUT2D eigenvalue weighted by atomic mass is 10.2. The van der Waals surface area contributed by atoms with E-state index in [9.17, 15) is 19.7 Å². The van der Waals surface area contributed by atoms with Crippen molar-refractivity contribution in [2.75, 3.05) is 5.32 Å². The van der Waals surface area contributed by atoms with Gasteiger partial charge in [0.1, 0.15) is 0 Å². The summed E-state index contributed by atoms with van der Waals surface area (Å²) in [7, 11) is 0. The number of hydrogen-bond acceptors (Lipinski definition) is 9. The molecule has 2 heterocycles. The molecule has 0 saturated carbocycles. The van der Waals surface area contributed by atoms with Crippen LogP contribution in [0.5, 0.6) is 0 Å². The van der Waals surface area contributed by atoms with E-state index in [-0.39, 0.29) is 18.5 Å². The quantitative estimate of drug-likeness (QED) is 0.336. The van der Waals surface area contributed by atoms with Gasteiger partial charge in [-0.25, -0.2) is 0 Å². The predicted molar refractivity (Wildman–Crippen MR) is 103 cm³/mol. The zero-order valence-electron chi connectivity index (χ0n) is 15.2. The Hall–Kier alpha value is -3.60. The van der Waals surface area contributed by atoms with Gasteiger partial charge in [0.15, 0.2) is 6.10 Å². The number of rotatable bonds is 8. The molecule has 0 aliphatic rings. The van der Waals surface area contributed by atoms with Crippen molar-refractivity contribution in [2.45, 2.75) is 25.9 Å². The Morgan fingerprint density at radius 2 is 2.07 bits per heavy atom. The van der Waals surface area contributed by atoms with Gasteiger partial charge in [-0.05, 0) is 30.5 Å². The van der Waals surface area contributed by atoms with Crippen LogP contribution in [0, 0.1) is 10.1 Å². The van der Waals surface area contributed by atoms with Crippen LogP contribution in [0.3, 0.4) is 0 Å². The molecule has 2 aromatic heterocycles. The summed E-state index contributed by atoms with van der Waals surface area (Å²) in [5, 5.41) is 20.8. The van der Waals surface area contributed by atoms with Crippen LogP contribution in [0.4, 0.5) is 11.4 Å². The molecule has 1 unspecified atom stereocenters. The van der Waals surface area contributed by atoms with E-state index in [1.807, 2.05) is 16.8 Å². The van der Waals surface area contributed by atoms with Crippen molar-refractivity contribution >= 4 is 34.6 Å². The van der Waals surface area contributed by atoms with Gasteiger partial charge < -0.3 is 14.6 Å². The largest absolute Gasteiger partial charge is 0.453 e. The average Bonchev–Trinajstić information content (AvgIpc) is 3.38. The number of nitro benzene ring substituents is 1. The van der Waals surface area contributed by atoms with Gasteiger partial charge >= 0.3 is 5.97 Å². The van der Waals surface area contributed by atoms with Gasteiger partial charge in [0.25, 0.3) is 11.6 Å². The third kappa shape index (κ3) is 5.45. The molecule has 10 nitrogen and oxygen atoms in total. The Labute approximate surface area is 168 Å². The van der Waals surface area contributed by atoms with E-state index in [2.05, 4.69) is 15.5 Å². The summed E-state index contributed by atoms with van der Waals surface area (Å²) in [6.07, 6.45) is -0.880. The number of amides is 1. The van der Waals surface area contributed by atoms with Crippen LogP contribution in [-0.4, -0.2) is 33.0 Å². The van der Waals surface area contributed by atoms with Crippen LogP contribution in [0.2, 0.25) is 0 Å². The Kier molecular flexibility index (Phi) is 6.29. The second-order valence-electron chi connectivity index (χ2n) is 5.95. The van der Waals surface area contributed by atoms with Crippen LogP contribution in [-0.2, 0) is 20.7 Å². The summed E-state index contributed by atoms with van der Waals surface area (Å²) in [4.78, 5) is 38.4. The first kappa shape index (κ1) is 20.1. The van der Waals surface area contributed by atoms with E-state index in [1.54, 1.807) is 0 Å². The summed E-state index contributed by atoms with van der Waals surface area (Å²) in [5.41, 5.74) is 1.10. The minimum absolute atomic E-state index is 0.0274. The maximum absolute atomic E-state index is 12.1. The lowest BCUT2D eigenvalue weighted by Crippen LogP contribution is -2.30. The molecule has 0 fully saturated rings. The van der Waals surface area contributed by atoms with Gasteiger partial charge in [-0.15, -0.1) is 0 Å². The molecule has 0 bridgehead atoms. The second kappa shape index (κ2) is 9.06. The summed E-state index contributed by atoms with van der Waals surface area (Å²) < 4.78 is 10.2. The maximum atomic E-state index is 12.1. The average molecular weight is 416 g/mol. The van der Waals surface area contributed by atoms with Gasteiger partial charge in [0.2, 0.25) is 11.7 Å². The number of nitrogens with zero attached hydrogens (tertiary/aromatic N) is 3. The van der Waals surface area contributed by atoms with Crippen molar-refractivity contribution in [3.05, 3.63) is 57.1 Å². The molecular formula is C18H16N4O6S. The van der Waals surface area contributed by atoms with Crippen molar-refractivity contribution in [3.8, 4) is 11.4 Å². The lowest BCUT2D eigenvalue weighted by Gasteiger charge is -2.13. The number of benzene rings is 1. The lowest BCUT2D eigenvalue weighted by molar-refractivity contribution is -0.384. The highest BCUT2D eigenvalue weighted by atomic mass is 32.1. The van der Waals surface area contributed by atoms with Gasteiger partial charge in [0, 0.05) is 35.2 Å². The predicted octanol–water partition coefficient (Wildman–Crippen LogP) is 3.21. The number of nitrogens with one attached hydrogen (secondary N) is 1. The van der Waals surface area contributed by atoms with Crippen LogP contribution in [0.25, 0.3) is 11.4 Å². The van der Waals surface area contributed by atoms with E-state index in [0.717, 1.165) is 5.56 Å². The van der Waals surface area contributed by atoms with Crippen LogP contribution >= 0.6 is 11.3 Å². The minimum Gasteiger partial charge on any atom is -0.453 e. The summed E-state index contributed by atoms with van der Waals surface area (Å²) in [6.45, 7) is 1.43. The topological polar surface area (TPSA) is 137 Å². The molecule has 11 heteroatoms. The number of anilines is 1. The standard InChI is InChI=1S/C18H16N4O6S/c1-11(18(24)19-13-2-4-14(5-3-13)22(25)26)27-16(23)7-6-15-20-17(21-28-15)12-8-9-29-10-12/h2-5,8-11H,6-7H2,1H3,(H,19,24). The summed E-state index contributed by atoms with van der Waals surface area (Å²) in [5.74, 6) is -0.395. The number of hydrogen-bond donors (Lipinski definition) is 1. The number of aryl methyl sites for hydroxylation is 1. The first-order valence-corrected chi connectivity index (χ1v) is 9.46. The Balaban J connectivity index is 1.46. The first-order valence-electron chi connectivity index (χ1n) is 8.52. The molecule has 29 heavy (non-hydrogen) atoms. The number of non-ortho nitro benzene ring substituents is 1. The molecule has 1 atom stereocenters. The molecule has 1 amide bonds. The molecule has 3 rings (SSSR count). The maximum Gasteiger partial charge on any atom is 0.307 e. The number of thiophene rings is 1. The molecule has 0 radical (unpaired) electrons. The van der Waals surface area contributed by atoms with Crippen LogP contribution < -0.4 is 5.32 Å². The zero-order valence-corrected chi connectivity index (χ0v) is 16.0. The monoisotopic (exact) mass is 416 g/mol. The summed E-state index contributed by atoms with van der Waals surface area (Å²) in [6, 6.07) is 7.18. The van der Waals surface area contributed by atoms with Gasteiger partial charge in [0.05, 0.1) is 11.3 Å². The Morgan fingerprint density at radius 3 is 2.72 bits per heavy atom. The Morgan fingerprint density at radius 1 is 1.31 bits per heavy atom. The molecule has 0 aliphatic carbocycles. The third-order valence-electron chi connectivity index (χ3n) is 3.81. The van der Waals surface area contributed by atoms with E-state index < -0.39 is 22.9 Å². The molecule has 3 aromatic rings. The molecule has 150 valence electrons. The van der Waals surface area contributed by atoms with E-state index in [1.165, 1.54) is 42.5 Å². The fourth-order valence-electron chi connectivity index (χ4n) is 2.29. The number of esters is 1.